The maximum absolute atomic E-state index is 10.9. The lowest BCUT2D eigenvalue weighted by molar-refractivity contribution is 0.126. The molecule has 7 nitrogen and oxygen atoms in total. The van der Waals surface area contributed by atoms with Crippen LogP contribution >= 0.6 is 12.4 Å². The maximum Gasteiger partial charge on any atom is 0.407 e. The highest BCUT2D eigenvalue weighted by Crippen LogP contribution is 2.38. The van der Waals surface area contributed by atoms with Gasteiger partial charge >= 0.3 is 6.09 Å². The fourth-order valence-corrected chi connectivity index (χ4v) is 2.47. The Hall–Kier alpha value is -1.34. The van der Waals surface area contributed by atoms with Gasteiger partial charge in [-0.05, 0) is 19.3 Å². The Bertz CT molecular complexity index is 462. The zero-order valence-electron chi connectivity index (χ0n) is 11.2. The van der Waals surface area contributed by atoms with Gasteiger partial charge < -0.3 is 15.3 Å². The van der Waals surface area contributed by atoms with E-state index >= 15 is 0 Å². The summed E-state index contributed by atoms with van der Waals surface area (Å²) in [6.07, 6.45) is 4.53. The number of piperazine rings is 1. The minimum atomic E-state index is -0.830. The highest BCUT2D eigenvalue weighted by molar-refractivity contribution is 5.85. The molecule has 2 fully saturated rings. The van der Waals surface area contributed by atoms with Crippen molar-refractivity contribution in [1.82, 2.24) is 25.2 Å². The van der Waals surface area contributed by atoms with Crippen LogP contribution in [0.4, 0.5) is 4.79 Å². The summed E-state index contributed by atoms with van der Waals surface area (Å²) in [5, 5.41) is 20.6. The molecule has 1 aromatic rings. The first kappa shape index (κ1) is 15.1. The molecule has 2 heterocycles. The lowest BCUT2D eigenvalue weighted by atomic mass is 10.1. The molecule has 1 aliphatic heterocycles. The summed E-state index contributed by atoms with van der Waals surface area (Å²) in [4.78, 5) is 12.4. The molecule has 20 heavy (non-hydrogen) atoms. The van der Waals surface area contributed by atoms with Crippen molar-refractivity contribution in [1.29, 1.82) is 0 Å². The van der Waals surface area contributed by atoms with E-state index < -0.39 is 6.09 Å². The normalized spacial score (nSPS) is 22.4. The lowest BCUT2D eigenvalue weighted by Crippen LogP contribution is -2.52. The second-order valence-corrected chi connectivity index (χ2v) is 5.35. The Kier molecular flexibility index (Phi) is 4.82. The molecule has 1 amide bonds. The van der Waals surface area contributed by atoms with Crippen LogP contribution in [-0.4, -0.2) is 56.8 Å². The van der Waals surface area contributed by atoms with Gasteiger partial charge in [-0.3, -0.25) is 4.68 Å². The Morgan fingerprint density at radius 3 is 3.00 bits per heavy atom. The van der Waals surface area contributed by atoms with Crippen LogP contribution in [0.25, 0.3) is 0 Å². The minimum absolute atomic E-state index is 0. The van der Waals surface area contributed by atoms with Gasteiger partial charge in [0.2, 0.25) is 0 Å². The van der Waals surface area contributed by atoms with Crippen molar-refractivity contribution in [3.8, 4) is 0 Å². The van der Waals surface area contributed by atoms with Crippen molar-refractivity contribution in [3.05, 3.63) is 11.9 Å². The van der Waals surface area contributed by atoms with Crippen molar-refractivity contribution >= 4 is 18.5 Å². The third-order valence-corrected chi connectivity index (χ3v) is 3.78. The molecule has 0 radical (unpaired) electrons. The third-order valence-electron chi connectivity index (χ3n) is 3.78. The fourth-order valence-electron chi connectivity index (χ4n) is 2.47. The average Bonchev–Trinajstić information content (AvgIpc) is 3.16. The number of hydrogen-bond acceptors (Lipinski definition) is 4. The molecule has 1 saturated carbocycles. The van der Waals surface area contributed by atoms with Crippen LogP contribution in [0.3, 0.4) is 0 Å². The molecule has 8 heteroatoms. The second-order valence-electron chi connectivity index (χ2n) is 5.35. The molecular formula is C12H20ClN5O2. The van der Waals surface area contributed by atoms with Gasteiger partial charge in [0.15, 0.2) is 0 Å². The number of hydrogen-bond donors (Lipinski definition) is 2. The SMILES string of the molecule is Cl.O=C(O)N1CCN[C@H](CCn2cc(C3CC3)nn2)C1. The Morgan fingerprint density at radius 1 is 1.50 bits per heavy atom. The third kappa shape index (κ3) is 3.61. The molecule has 3 rings (SSSR count). The average molecular weight is 302 g/mol. The number of carboxylic acid groups (broad SMARTS) is 1. The summed E-state index contributed by atoms with van der Waals surface area (Å²) >= 11 is 0. The van der Waals surface area contributed by atoms with Gasteiger partial charge in [0, 0.05) is 44.3 Å². The van der Waals surface area contributed by atoms with Crippen LogP contribution in [0, 0.1) is 0 Å². The van der Waals surface area contributed by atoms with Crippen LogP contribution in [0.1, 0.15) is 30.9 Å². The van der Waals surface area contributed by atoms with Crippen LogP contribution in [0.5, 0.6) is 0 Å². The van der Waals surface area contributed by atoms with E-state index in [1.165, 1.54) is 17.7 Å². The molecule has 0 aromatic carbocycles. The van der Waals surface area contributed by atoms with Gasteiger partial charge in [-0.1, -0.05) is 5.21 Å². The van der Waals surface area contributed by atoms with Gasteiger partial charge in [-0.25, -0.2) is 4.79 Å². The molecule has 112 valence electrons. The van der Waals surface area contributed by atoms with Crippen molar-refractivity contribution in [2.24, 2.45) is 0 Å². The van der Waals surface area contributed by atoms with E-state index in [0.29, 0.717) is 19.0 Å². The van der Waals surface area contributed by atoms with Crippen LogP contribution in [0.15, 0.2) is 6.20 Å². The fraction of sp³-hybridized carbons (Fsp3) is 0.750. The number of halogens is 1. The predicted octanol–water partition coefficient (Wildman–Crippen LogP) is 0.919. The minimum Gasteiger partial charge on any atom is -0.465 e. The van der Waals surface area contributed by atoms with Crippen molar-refractivity contribution in [3.63, 3.8) is 0 Å². The zero-order valence-corrected chi connectivity index (χ0v) is 12.1. The summed E-state index contributed by atoms with van der Waals surface area (Å²) in [6.45, 7) is 2.63. The monoisotopic (exact) mass is 301 g/mol. The summed E-state index contributed by atoms with van der Waals surface area (Å²) in [5.74, 6) is 0.629. The zero-order chi connectivity index (χ0) is 13.2. The van der Waals surface area contributed by atoms with Crippen molar-refractivity contribution < 1.29 is 9.90 Å². The van der Waals surface area contributed by atoms with Crippen molar-refractivity contribution in [2.75, 3.05) is 19.6 Å². The summed E-state index contributed by atoms with van der Waals surface area (Å²) in [5.41, 5.74) is 1.10. The van der Waals surface area contributed by atoms with Gasteiger partial charge in [0.1, 0.15) is 0 Å². The lowest BCUT2D eigenvalue weighted by Gasteiger charge is -2.31. The summed E-state index contributed by atoms with van der Waals surface area (Å²) in [7, 11) is 0. The van der Waals surface area contributed by atoms with E-state index in [1.54, 1.807) is 0 Å². The molecule has 2 aliphatic rings. The molecule has 0 bridgehead atoms. The number of nitrogens with zero attached hydrogens (tertiary/aromatic N) is 4. The number of carbonyl (C=O) groups is 1. The maximum atomic E-state index is 10.9. The molecule has 0 unspecified atom stereocenters. The molecule has 1 aliphatic carbocycles. The molecule has 0 spiro atoms. The van der Waals surface area contributed by atoms with E-state index in [9.17, 15) is 4.79 Å². The Labute approximate surface area is 123 Å². The topological polar surface area (TPSA) is 83.3 Å². The van der Waals surface area contributed by atoms with E-state index in [0.717, 1.165) is 25.2 Å². The smallest absolute Gasteiger partial charge is 0.407 e. The van der Waals surface area contributed by atoms with Crippen LogP contribution < -0.4 is 5.32 Å². The number of aromatic nitrogens is 3. The second kappa shape index (κ2) is 6.41. The van der Waals surface area contributed by atoms with Gasteiger partial charge in [0.05, 0.1) is 5.69 Å². The summed E-state index contributed by atoms with van der Waals surface area (Å²) in [6, 6.07) is 0.207. The first-order valence-electron chi connectivity index (χ1n) is 6.83. The Morgan fingerprint density at radius 2 is 2.30 bits per heavy atom. The predicted molar refractivity (Wildman–Crippen MR) is 75.3 cm³/mol. The first-order chi connectivity index (χ1) is 9.22. The molecule has 2 N–H and O–H groups in total. The van der Waals surface area contributed by atoms with E-state index in [2.05, 4.69) is 15.6 Å². The largest absolute Gasteiger partial charge is 0.465 e. The van der Waals surface area contributed by atoms with Gasteiger partial charge in [-0.15, -0.1) is 17.5 Å². The van der Waals surface area contributed by atoms with Gasteiger partial charge in [0.25, 0.3) is 0 Å². The molecular weight excluding hydrogens is 282 g/mol. The van der Waals surface area contributed by atoms with E-state index in [-0.39, 0.29) is 18.4 Å². The quantitative estimate of drug-likeness (QED) is 0.864. The van der Waals surface area contributed by atoms with Crippen molar-refractivity contribution in [2.45, 2.75) is 37.8 Å². The standard InChI is InChI=1S/C12H19N5O2.ClH/c18-12(19)16-6-4-13-10(7-16)3-5-17-8-11(14-15-17)9-1-2-9;/h8-10,13H,1-7H2,(H,18,19);1H/t10-;/m1./s1. The Balaban J connectivity index is 0.00000147. The van der Waals surface area contributed by atoms with E-state index in [4.69, 9.17) is 5.11 Å². The van der Waals surface area contributed by atoms with Gasteiger partial charge in [-0.2, -0.15) is 0 Å². The number of amides is 1. The summed E-state index contributed by atoms with van der Waals surface area (Å²) < 4.78 is 1.87. The first-order valence-corrected chi connectivity index (χ1v) is 6.83. The van der Waals surface area contributed by atoms with Crippen LogP contribution in [-0.2, 0) is 6.54 Å². The van der Waals surface area contributed by atoms with Crippen LogP contribution in [0.2, 0.25) is 0 Å². The number of nitrogens with one attached hydrogen (secondary N) is 1. The molecule has 1 saturated heterocycles. The highest BCUT2D eigenvalue weighted by atomic mass is 35.5. The molecule has 1 aromatic heterocycles. The highest BCUT2D eigenvalue weighted by Gasteiger charge is 2.27. The molecule has 1 atom stereocenters. The number of rotatable bonds is 4. The number of aryl methyl sites for hydroxylation is 1. The van der Waals surface area contributed by atoms with E-state index in [1.807, 2.05) is 10.9 Å².